The van der Waals surface area contributed by atoms with Crippen LogP contribution in [0.1, 0.15) is 18.4 Å². The number of hydrogen-bond acceptors (Lipinski definition) is 5. The lowest BCUT2D eigenvalue weighted by molar-refractivity contribution is -0.122. The van der Waals surface area contributed by atoms with Crippen molar-refractivity contribution in [3.05, 3.63) is 42.2 Å². The van der Waals surface area contributed by atoms with Gasteiger partial charge in [0.1, 0.15) is 12.9 Å². The third-order valence-electron chi connectivity index (χ3n) is 4.12. The van der Waals surface area contributed by atoms with E-state index in [0.717, 1.165) is 31.5 Å². The molecule has 1 fully saturated rings. The minimum Gasteiger partial charge on any atom is -0.350 e. The summed E-state index contributed by atoms with van der Waals surface area (Å²) in [6, 6.07) is 9.68. The lowest BCUT2D eigenvalue weighted by atomic mass is 9.97. The molecule has 132 valence electrons. The van der Waals surface area contributed by atoms with Crippen molar-refractivity contribution in [3.63, 3.8) is 0 Å². The van der Waals surface area contributed by atoms with Gasteiger partial charge in [-0.1, -0.05) is 30.3 Å². The first-order valence-corrected chi connectivity index (χ1v) is 8.42. The molecule has 3 rings (SSSR count). The first-order chi connectivity index (χ1) is 12.2. The average Bonchev–Trinajstić information content (AvgIpc) is 3.08. The van der Waals surface area contributed by atoms with Gasteiger partial charge in [0.15, 0.2) is 0 Å². The highest BCUT2D eigenvalue weighted by molar-refractivity contribution is 5.90. The number of rotatable bonds is 6. The molecule has 2 aromatic rings. The van der Waals surface area contributed by atoms with Crippen LogP contribution in [0.2, 0.25) is 0 Å². The third-order valence-corrected chi connectivity index (χ3v) is 4.12. The zero-order valence-electron chi connectivity index (χ0n) is 13.9. The molecular formula is C17H22N6O2. The van der Waals surface area contributed by atoms with E-state index in [9.17, 15) is 9.59 Å². The molecule has 0 atom stereocenters. The Labute approximate surface area is 146 Å². The van der Waals surface area contributed by atoms with E-state index < -0.39 is 0 Å². The molecule has 1 saturated heterocycles. The fourth-order valence-electron chi connectivity index (χ4n) is 2.72. The van der Waals surface area contributed by atoms with Gasteiger partial charge in [0.25, 0.3) is 0 Å². The largest absolute Gasteiger partial charge is 0.350 e. The monoisotopic (exact) mass is 342 g/mol. The van der Waals surface area contributed by atoms with Gasteiger partial charge in [-0.15, -0.1) is 5.10 Å². The van der Waals surface area contributed by atoms with Crippen LogP contribution in [0.5, 0.6) is 0 Å². The molecule has 8 heteroatoms. The van der Waals surface area contributed by atoms with Crippen molar-refractivity contribution in [3.8, 4) is 0 Å². The molecule has 0 radical (unpaired) electrons. The molecule has 0 bridgehead atoms. The summed E-state index contributed by atoms with van der Waals surface area (Å²) in [5, 5.41) is 12.9. The lowest BCUT2D eigenvalue weighted by Gasteiger charge is -2.20. The van der Waals surface area contributed by atoms with Crippen LogP contribution >= 0.6 is 0 Å². The molecule has 2 heterocycles. The van der Waals surface area contributed by atoms with Crippen LogP contribution in [0.4, 0.5) is 5.95 Å². The maximum Gasteiger partial charge on any atom is 0.248 e. The zero-order chi connectivity index (χ0) is 17.5. The Kier molecular flexibility index (Phi) is 5.73. The van der Waals surface area contributed by atoms with Crippen molar-refractivity contribution in [2.75, 3.05) is 18.4 Å². The van der Waals surface area contributed by atoms with Crippen LogP contribution in [-0.4, -0.2) is 39.7 Å². The topological polar surface area (TPSA) is 101 Å². The van der Waals surface area contributed by atoms with E-state index in [1.807, 2.05) is 30.3 Å². The Hall–Kier alpha value is -2.74. The van der Waals surface area contributed by atoms with Crippen LogP contribution in [-0.2, 0) is 22.7 Å². The van der Waals surface area contributed by atoms with Gasteiger partial charge in [-0.25, -0.2) is 9.67 Å². The van der Waals surface area contributed by atoms with Gasteiger partial charge in [0.05, 0.1) is 0 Å². The van der Waals surface area contributed by atoms with Gasteiger partial charge in [-0.3, -0.25) is 14.9 Å². The molecule has 2 amide bonds. The minimum atomic E-state index is -0.162. The van der Waals surface area contributed by atoms with E-state index in [4.69, 9.17) is 0 Å². The summed E-state index contributed by atoms with van der Waals surface area (Å²) in [5.41, 5.74) is 1.03. The van der Waals surface area contributed by atoms with E-state index in [1.165, 1.54) is 11.0 Å². The van der Waals surface area contributed by atoms with Gasteiger partial charge in [-0.2, -0.15) is 0 Å². The summed E-state index contributed by atoms with van der Waals surface area (Å²) >= 11 is 0. The molecule has 0 aliphatic carbocycles. The van der Waals surface area contributed by atoms with Crippen molar-refractivity contribution in [2.24, 2.45) is 5.92 Å². The highest BCUT2D eigenvalue weighted by atomic mass is 16.2. The number of carbonyl (C=O) groups excluding carboxylic acids is 2. The van der Waals surface area contributed by atoms with Crippen LogP contribution in [0.25, 0.3) is 0 Å². The van der Waals surface area contributed by atoms with E-state index >= 15 is 0 Å². The number of hydrogen-bond donors (Lipinski definition) is 3. The predicted octanol–water partition coefficient (Wildman–Crippen LogP) is 0.533. The van der Waals surface area contributed by atoms with Gasteiger partial charge in [-0.05, 0) is 31.5 Å². The average molecular weight is 342 g/mol. The van der Waals surface area contributed by atoms with Gasteiger partial charge in [0, 0.05) is 12.5 Å². The highest BCUT2D eigenvalue weighted by Crippen LogP contribution is 2.13. The van der Waals surface area contributed by atoms with Gasteiger partial charge in [0.2, 0.25) is 17.8 Å². The summed E-state index contributed by atoms with van der Waals surface area (Å²) in [6.45, 7) is 2.22. The summed E-state index contributed by atoms with van der Waals surface area (Å²) in [7, 11) is 0. The van der Waals surface area contributed by atoms with Crippen LogP contribution in [0, 0.1) is 5.92 Å². The minimum absolute atomic E-state index is 0.0117. The SMILES string of the molecule is O=C(Cn1cnc(NC(=O)C2CCNCC2)n1)NCc1ccccc1. The Morgan fingerprint density at radius 3 is 2.72 bits per heavy atom. The summed E-state index contributed by atoms with van der Waals surface area (Å²) < 4.78 is 1.42. The Balaban J connectivity index is 1.46. The molecule has 1 aromatic heterocycles. The summed E-state index contributed by atoms with van der Waals surface area (Å²) in [5.74, 6) is -0.000438. The van der Waals surface area contributed by atoms with Gasteiger partial charge >= 0.3 is 0 Å². The third kappa shape index (κ3) is 5.12. The zero-order valence-corrected chi connectivity index (χ0v) is 13.9. The van der Waals surface area contributed by atoms with E-state index in [1.54, 1.807) is 0 Å². The second-order valence-electron chi connectivity index (χ2n) is 6.04. The number of nitrogens with zero attached hydrogens (tertiary/aromatic N) is 3. The van der Waals surface area contributed by atoms with Crippen molar-refractivity contribution in [2.45, 2.75) is 25.9 Å². The maximum absolute atomic E-state index is 12.2. The van der Waals surface area contributed by atoms with Crippen molar-refractivity contribution >= 4 is 17.8 Å². The van der Waals surface area contributed by atoms with E-state index in [-0.39, 0.29) is 30.2 Å². The number of nitrogens with one attached hydrogen (secondary N) is 3. The number of aromatic nitrogens is 3. The summed E-state index contributed by atoms with van der Waals surface area (Å²) in [6.07, 6.45) is 3.07. The molecule has 0 unspecified atom stereocenters. The van der Waals surface area contributed by atoms with Crippen LogP contribution in [0.15, 0.2) is 36.7 Å². The standard InChI is InChI=1S/C17H22N6O2/c24-15(19-10-13-4-2-1-3-5-13)11-23-12-20-17(22-23)21-16(25)14-6-8-18-9-7-14/h1-5,12,14,18H,6-11H2,(H,19,24)(H,21,22,25). The van der Waals surface area contributed by atoms with Gasteiger partial charge < -0.3 is 10.6 Å². The molecule has 1 aromatic carbocycles. The molecule has 25 heavy (non-hydrogen) atoms. The number of anilines is 1. The quantitative estimate of drug-likeness (QED) is 0.711. The molecule has 1 aliphatic rings. The fourth-order valence-corrected chi connectivity index (χ4v) is 2.72. The Morgan fingerprint density at radius 1 is 1.20 bits per heavy atom. The molecular weight excluding hydrogens is 320 g/mol. The molecule has 0 spiro atoms. The molecule has 8 nitrogen and oxygen atoms in total. The normalized spacial score (nSPS) is 14.9. The second kappa shape index (κ2) is 8.39. The maximum atomic E-state index is 12.2. The van der Waals surface area contributed by atoms with Crippen LogP contribution < -0.4 is 16.0 Å². The number of benzene rings is 1. The van der Waals surface area contributed by atoms with Crippen molar-refractivity contribution < 1.29 is 9.59 Å². The Morgan fingerprint density at radius 2 is 1.96 bits per heavy atom. The fraction of sp³-hybridized carbons (Fsp3) is 0.412. The van der Waals surface area contributed by atoms with Crippen LogP contribution in [0.3, 0.4) is 0 Å². The first-order valence-electron chi connectivity index (χ1n) is 8.42. The number of piperidine rings is 1. The molecule has 0 saturated carbocycles. The highest BCUT2D eigenvalue weighted by Gasteiger charge is 2.21. The molecule has 3 N–H and O–H groups in total. The summed E-state index contributed by atoms with van der Waals surface area (Å²) in [4.78, 5) is 28.2. The first kappa shape index (κ1) is 17.1. The molecule has 1 aliphatic heterocycles. The van der Waals surface area contributed by atoms with E-state index in [2.05, 4.69) is 26.0 Å². The second-order valence-corrected chi connectivity index (χ2v) is 6.04. The smallest absolute Gasteiger partial charge is 0.248 e. The number of amides is 2. The Bertz CT molecular complexity index is 709. The van der Waals surface area contributed by atoms with E-state index in [0.29, 0.717) is 6.54 Å². The number of carbonyl (C=O) groups is 2. The van der Waals surface area contributed by atoms with Crippen molar-refractivity contribution in [1.82, 2.24) is 25.4 Å². The van der Waals surface area contributed by atoms with Crippen molar-refractivity contribution in [1.29, 1.82) is 0 Å². The predicted molar refractivity (Wildman–Crippen MR) is 92.5 cm³/mol. The lowest BCUT2D eigenvalue weighted by Crippen LogP contribution is -2.34.